The van der Waals surface area contributed by atoms with Crippen molar-refractivity contribution in [2.75, 3.05) is 0 Å². The summed E-state index contributed by atoms with van der Waals surface area (Å²) >= 11 is 0. The second-order valence-corrected chi connectivity index (χ2v) is 14.3. The Kier molecular flexibility index (Phi) is 5.63. The van der Waals surface area contributed by atoms with Crippen LogP contribution in [-0.2, 0) is 0 Å². The van der Waals surface area contributed by atoms with Crippen molar-refractivity contribution < 1.29 is 15.4 Å². The average molecular weight is 748 g/mol. The fourth-order valence-corrected chi connectivity index (χ4v) is 8.55. The molecule has 12 aromatic rings. The Bertz CT molecular complexity index is 3840. The molecule has 58 heavy (non-hydrogen) atoms. The molecule has 0 atom stereocenters. The quantitative estimate of drug-likeness (QED) is 0.165. The summed E-state index contributed by atoms with van der Waals surface area (Å²) < 4.78 is 79.5. The first-order valence-corrected chi connectivity index (χ1v) is 19.0. The summed E-state index contributed by atoms with van der Waals surface area (Å²) in [4.78, 5) is 10.3. The van der Waals surface area contributed by atoms with Crippen molar-refractivity contribution >= 4 is 65.3 Å². The van der Waals surface area contributed by atoms with Gasteiger partial charge in [0.2, 0.25) is 0 Å². The number of hydrogen-bond donors (Lipinski definition) is 0. The van der Waals surface area contributed by atoms with Crippen LogP contribution in [0.25, 0.3) is 116 Å². The minimum Gasteiger partial charge on any atom is -0.456 e. The third kappa shape index (κ3) is 4.95. The third-order valence-electron chi connectivity index (χ3n) is 11.1. The Balaban J connectivity index is 1.12. The molecule has 4 heteroatoms. The average Bonchev–Trinajstić information content (AvgIpc) is 3.92. The van der Waals surface area contributed by atoms with E-state index < -0.39 is 24.2 Å². The molecule has 3 heterocycles. The molecule has 0 saturated heterocycles. The lowest BCUT2D eigenvalue weighted by atomic mass is 9.90. The first-order chi connectivity index (χ1) is 32.1. The second-order valence-electron chi connectivity index (χ2n) is 14.3. The smallest absolute Gasteiger partial charge is 0.161 e. The van der Waals surface area contributed by atoms with E-state index in [2.05, 4.69) is 12.1 Å². The van der Waals surface area contributed by atoms with Crippen molar-refractivity contribution in [1.29, 1.82) is 0 Å². The van der Waals surface area contributed by atoms with E-state index in [-0.39, 0.29) is 46.0 Å². The molecular formula is C54H33N3O. The Labute approximate surface area is 345 Å². The van der Waals surface area contributed by atoms with E-state index in [1.54, 1.807) is 4.57 Å². The third-order valence-corrected chi connectivity index (χ3v) is 11.1. The molecule has 4 nitrogen and oxygen atoms in total. The lowest BCUT2D eigenvalue weighted by Gasteiger charge is -2.19. The van der Waals surface area contributed by atoms with E-state index in [0.717, 1.165) is 60.8 Å². The van der Waals surface area contributed by atoms with Crippen molar-refractivity contribution in [3.63, 3.8) is 0 Å². The molecule has 12 rings (SSSR count). The molecule has 0 aliphatic rings. The van der Waals surface area contributed by atoms with Crippen LogP contribution in [0.3, 0.4) is 0 Å². The van der Waals surface area contributed by atoms with Gasteiger partial charge in [-0.25, -0.2) is 9.97 Å². The normalized spacial score (nSPS) is 13.7. The van der Waals surface area contributed by atoms with Crippen LogP contribution in [0.15, 0.2) is 204 Å². The number of furan rings is 1. The number of fused-ring (bicyclic) bond motifs is 8. The van der Waals surface area contributed by atoms with Crippen LogP contribution >= 0.6 is 0 Å². The van der Waals surface area contributed by atoms with Crippen LogP contribution in [0.4, 0.5) is 0 Å². The predicted octanol–water partition coefficient (Wildman–Crippen LogP) is 14.4. The van der Waals surface area contributed by atoms with Gasteiger partial charge in [-0.15, -0.1) is 0 Å². The summed E-state index contributed by atoms with van der Waals surface area (Å²) in [6.07, 6.45) is 0. The number of rotatable bonds is 5. The van der Waals surface area contributed by atoms with Gasteiger partial charge in [-0.3, -0.25) is 0 Å². The van der Waals surface area contributed by atoms with Crippen molar-refractivity contribution in [3.05, 3.63) is 200 Å². The number of hydrogen-bond acceptors (Lipinski definition) is 3. The van der Waals surface area contributed by atoms with Gasteiger partial charge in [0.1, 0.15) is 11.2 Å². The van der Waals surface area contributed by atoms with Crippen LogP contribution in [0.1, 0.15) is 11.0 Å². The summed E-state index contributed by atoms with van der Waals surface area (Å²) in [5, 5.41) is 4.89. The SMILES string of the molecule is [2H]c1c([2H])c([2H])c2c(c1[2H])c1c([2H])c([2H])c([2H])c([2H])c1n2-c1c2ccccc2c(-c2ccc3c(c2)oc2cccc(-c4nc(-c5ccccc5)cc(-c5ccccc5)n4)c23)c2ccccc12. The summed E-state index contributed by atoms with van der Waals surface area (Å²) in [5.41, 5.74) is 8.15. The van der Waals surface area contributed by atoms with E-state index in [1.165, 1.54) is 0 Å². The molecule has 0 aliphatic heterocycles. The van der Waals surface area contributed by atoms with Crippen molar-refractivity contribution in [3.8, 4) is 50.7 Å². The second kappa shape index (κ2) is 12.9. The Morgan fingerprint density at radius 2 is 0.983 bits per heavy atom. The molecule has 0 amide bonds. The molecule has 0 spiro atoms. The highest BCUT2D eigenvalue weighted by Crippen LogP contribution is 2.45. The molecule has 0 fully saturated rings. The van der Waals surface area contributed by atoms with Crippen molar-refractivity contribution in [1.82, 2.24) is 14.5 Å². The first kappa shape index (κ1) is 25.4. The molecule has 3 aromatic heterocycles. The van der Waals surface area contributed by atoms with Gasteiger partial charge in [0, 0.05) is 49.0 Å². The largest absolute Gasteiger partial charge is 0.456 e. The maximum Gasteiger partial charge on any atom is 0.161 e. The zero-order chi connectivity index (χ0) is 45.1. The summed E-state index contributed by atoms with van der Waals surface area (Å²) in [5.74, 6) is 0.569. The van der Waals surface area contributed by atoms with Crippen molar-refractivity contribution in [2.24, 2.45) is 0 Å². The lowest BCUT2D eigenvalue weighted by Crippen LogP contribution is -1.99. The minimum absolute atomic E-state index is 0.0310. The Morgan fingerprint density at radius 1 is 0.431 bits per heavy atom. The fraction of sp³-hybridized carbons (Fsp3) is 0. The van der Waals surface area contributed by atoms with Crippen LogP contribution in [0, 0.1) is 0 Å². The lowest BCUT2D eigenvalue weighted by molar-refractivity contribution is 0.669. The zero-order valence-electron chi connectivity index (χ0n) is 38.7. The minimum atomic E-state index is -0.484. The molecule has 270 valence electrons. The zero-order valence-corrected chi connectivity index (χ0v) is 30.7. The van der Waals surface area contributed by atoms with Crippen LogP contribution < -0.4 is 0 Å². The number of nitrogens with zero attached hydrogens (tertiary/aromatic N) is 3. The van der Waals surface area contributed by atoms with Gasteiger partial charge >= 0.3 is 0 Å². The van der Waals surface area contributed by atoms with Gasteiger partial charge in [-0.2, -0.15) is 0 Å². The Hall–Kier alpha value is -7.82. The summed E-state index contributed by atoms with van der Waals surface area (Å²) in [6.45, 7) is 0. The highest BCUT2D eigenvalue weighted by Gasteiger charge is 2.22. The van der Waals surface area contributed by atoms with Crippen molar-refractivity contribution in [2.45, 2.75) is 0 Å². The standard InChI is InChI=1S/C54H33N3O/c1-3-16-34(17-4-1)45-33-46(35-18-5-2-6-19-35)56-54(55-45)44-26-15-29-49-52(44)43-31-30-36(32-50(43)58-49)51-39-22-7-9-24-41(39)53(42-25-10-8-23-40(42)51)57-47-27-13-11-20-37(47)38-21-12-14-28-48(38)57/h1-33H/i11D,12D,13D,14D,20D,21D,27D,28D. The molecular weight excluding hydrogens is 707 g/mol. The van der Waals surface area contributed by atoms with Crippen LogP contribution in [0.5, 0.6) is 0 Å². The van der Waals surface area contributed by atoms with E-state index >= 15 is 0 Å². The van der Waals surface area contributed by atoms with E-state index in [0.29, 0.717) is 33.5 Å². The number of benzene rings is 9. The van der Waals surface area contributed by atoms with Gasteiger partial charge in [0.25, 0.3) is 0 Å². The number of para-hydroxylation sites is 2. The summed E-state index contributed by atoms with van der Waals surface area (Å²) in [7, 11) is 0. The van der Waals surface area contributed by atoms with Gasteiger partial charge in [0.15, 0.2) is 5.82 Å². The highest BCUT2D eigenvalue weighted by molar-refractivity contribution is 6.22. The molecule has 0 radical (unpaired) electrons. The van der Waals surface area contributed by atoms with E-state index in [4.69, 9.17) is 22.6 Å². The topological polar surface area (TPSA) is 43.9 Å². The molecule has 0 saturated carbocycles. The number of aromatic nitrogens is 3. The predicted molar refractivity (Wildman–Crippen MR) is 240 cm³/mol. The maximum atomic E-state index is 9.24. The molecule has 0 N–H and O–H groups in total. The maximum absolute atomic E-state index is 9.24. The van der Waals surface area contributed by atoms with Gasteiger partial charge in [-0.1, -0.05) is 164 Å². The fourth-order valence-electron chi connectivity index (χ4n) is 8.55. The monoisotopic (exact) mass is 747 g/mol. The highest BCUT2D eigenvalue weighted by atomic mass is 16.3. The molecule has 9 aromatic carbocycles. The first-order valence-electron chi connectivity index (χ1n) is 23.0. The van der Waals surface area contributed by atoms with Gasteiger partial charge < -0.3 is 8.98 Å². The van der Waals surface area contributed by atoms with Gasteiger partial charge in [-0.05, 0) is 58.2 Å². The molecule has 0 aliphatic carbocycles. The summed E-state index contributed by atoms with van der Waals surface area (Å²) in [6, 6.07) is 46.5. The van der Waals surface area contributed by atoms with Gasteiger partial charge in [0.05, 0.1) is 39.1 Å². The molecule has 0 unspecified atom stereocenters. The van der Waals surface area contributed by atoms with Crippen LogP contribution in [-0.4, -0.2) is 14.5 Å². The Morgan fingerprint density at radius 3 is 1.59 bits per heavy atom. The molecule has 0 bridgehead atoms. The van der Waals surface area contributed by atoms with E-state index in [9.17, 15) is 2.74 Å². The van der Waals surface area contributed by atoms with E-state index in [1.807, 2.05) is 140 Å². The van der Waals surface area contributed by atoms with Crippen LogP contribution in [0.2, 0.25) is 0 Å².